The van der Waals surface area contributed by atoms with Gasteiger partial charge in [0.05, 0.1) is 11.4 Å². The Labute approximate surface area is 108 Å². The van der Waals surface area contributed by atoms with E-state index in [0.29, 0.717) is 0 Å². The summed E-state index contributed by atoms with van der Waals surface area (Å²) >= 11 is 0. The lowest BCUT2D eigenvalue weighted by atomic mass is 10.3. The van der Waals surface area contributed by atoms with Crippen LogP contribution in [0.15, 0.2) is 18.3 Å². The van der Waals surface area contributed by atoms with Gasteiger partial charge in [0.2, 0.25) is 0 Å². The van der Waals surface area contributed by atoms with E-state index in [1.165, 1.54) is 18.5 Å². The first-order valence-electron chi connectivity index (χ1n) is 6.53. The number of imidazole rings is 1. The number of anilines is 1. The molecule has 0 unspecified atom stereocenters. The summed E-state index contributed by atoms with van der Waals surface area (Å²) in [4.78, 5) is 6.90. The van der Waals surface area contributed by atoms with Crippen molar-refractivity contribution in [2.45, 2.75) is 33.2 Å². The van der Waals surface area contributed by atoms with Crippen LogP contribution in [0.2, 0.25) is 0 Å². The van der Waals surface area contributed by atoms with Crippen molar-refractivity contribution in [2.75, 3.05) is 19.3 Å². The van der Waals surface area contributed by atoms with Crippen molar-refractivity contribution in [3.63, 3.8) is 0 Å². The van der Waals surface area contributed by atoms with Crippen LogP contribution in [-0.4, -0.2) is 27.9 Å². The van der Waals surface area contributed by atoms with Crippen LogP contribution < -0.4 is 5.73 Å². The molecule has 4 heteroatoms. The van der Waals surface area contributed by atoms with Crippen LogP contribution in [0.5, 0.6) is 0 Å². The highest BCUT2D eigenvalue weighted by Crippen LogP contribution is 2.16. The minimum atomic E-state index is 0.775. The summed E-state index contributed by atoms with van der Waals surface area (Å²) in [5.41, 5.74) is 9.92. The molecule has 2 N–H and O–H groups in total. The second kappa shape index (κ2) is 5.40. The minimum Gasteiger partial charge on any atom is -0.398 e. The van der Waals surface area contributed by atoms with Gasteiger partial charge in [-0.2, -0.15) is 0 Å². The highest BCUT2D eigenvalue weighted by Gasteiger charge is 2.10. The first-order valence-corrected chi connectivity index (χ1v) is 6.53. The minimum absolute atomic E-state index is 0.775. The Hall–Kier alpha value is -1.55. The van der Waals surface area contributed by atoms with Gasteiger partial charge in [-0.15, -0.1) is 0 Å². The smallest absolute Gasteiger partial charge is 0.137 e. The molecule has 0 aliphatic rings. The Morgan fingerprint density at radius 3 is 2.89 bits per heavy atom. The van der Waals surface area contributed by atoms with Crippen molar-refractivity contribution in [3.05, 3.63) is 29.7 Å². The molecule has 2 aromatic rings. The molecule has 2 rings (SSSR count). The molecule has 0 radical (unpaired) electrons. The topological polar surface area (TPSA) is 46.6 Å². The number of hydrogen-bond donors (Lipinski definition) is 1. The lowest BCUT2D eigenvalue weighted by molar-refractivity contribution is 0.315. The fourth-order valence-corrected chi connectivity index (χ4v) is 2.18. The summed E-state index contributed by atoms with van der Waals surface area (Å²) in [7, 11) is 2.15. The van der Waals surface area contributed by atoms with E-state index >= 15 is 0 Å². The van der Waals surface area contributed by atoms with Crippen LogP contribution in [0.3, 0.4) is 0 Å². The molecule has 0 aliphatic carbocycles. The number of aryl methyl sites for hydroxylation is 1. The molecule has 0 aliphatic heterocycles. The zero-order chi connectivity index (χ0) is 13.1. The Balaban J connectivity index is 2.26. The van der Waals surface area contributed by atoms with Gasteiger partial charge in [-0.05, 0) is 39.1 Å². The molecule has 98 valence electrons. The molecule has 0 aromatic carbocycles. The highest BCUT2D eigenvalue weighted by molar-refractivity contribution is 5.50. The lowest BCUT2D eigenvalue weighted by Gasteiger charge is -2.16. The zero-order valence-electron chi connectivity index (χ0n) is 11.5. The predicted molar refractivity (Wildman–Crippen MR) is 75.6 cm³/mol. The normalized spacial score (nSPS) is 11.6. The first kappa shape index (κ1) is 12.9. The van der Waals surface area contributed by atoms with Crippen LogP contribution in [-0.2, 0) is 6.54 Å². The molecule has 18 heavy (non-hydrogen) atoms. The van der Waals surface area contributed by atoms with Crippen molar-refractivity contribution >= 4 is 11.3 Å². The molecule has 2 aromatic heterocycles. The molecule has 0 fully saturated rings. The van der Waals surface area contributed by atoms with Gasteiger partial charge < -0.3 is 15.0 Å². The average molecular weight is 246 g/mol. The quantitative estimate of drug-likeness (QED) is 0.881. The number of fused-ring (bicyclic) bond motifs is 1. The van der Waals surface area contributed by atoms with Crippen molar-refractivity contribution in [2.24, 2.45) is 0 Å². The summed E-state index contributed by atoms with van der Waals surface area (Å²) in [5.74, 6) is 0. The standard InChI is InChI=1S/C14H22N4/c1-4-5-8-17(3)10-13-11(2)16-14-7-6-12(15)9-18(13)14/h6-7,9H,4-5,8,10,15H2,1-3H3. The van der Waals surface area contributed by atoms with Crippen molar-refractivity contribution in [3.8, 4) is 0 Å². The zero-order valence-corrected chi connectivity index (χ0v) is 11.5. The van der Waals surface area contributed by atoms with E-state index in [2.05, 4.69) is 35.2 Å². The molecular formula is C14H22N4. The van der Waals surface area contributed by atoms with Crippen LogP contribution in [0.25, 0.3) is 5.65 Å². The SMILES string of the molecule is CCCCN(C)Cc1c(C)nc2ccc(N)cn12. The van der Waals surface area contributed by atoms with Gasteiger partial charge >= 0.3 is 0 Å². The molecule has 2 heterocycles. The second-order valence-corrected chi connectivity index (χ2v) is 4.93. The number of aromatic nitrogens is 2. The Morgan fingerprint density at radius 2 is 2.17 bits per heavy atom. The number of rotatable bonds is 5. The third kappa shape index (κ3) is 2.64. The fourth-order valence-electron chi connectivity index (χ4n) is 2.18. The van der Waals surface area contributed by atoms with E-state index in [-0.39, 0.29) is 0 Å². The third-order valence-corrected chi connectivity index (χ3v) is 3.25. The number of nitrogen functional groups attached to an aromatic ring is 1. The van der Waals surface area contributed by atoms with Gasteiger partial charge in [0, 0.05) is 18.4 Å². The third-order valence-electron chi connectivity index (χ3n) is 3.25. The van der Waals surface area contributed by atoms with Crippen LogP contribution in [0.1, 0.15) is 31.2 Å². The first-order chi connectivity index (χ1) is 8.61. The maximum atomic E-state index is 5.85. The second-order valence-electron chi connectivity index (χ2n) is 4.93. The van der Waals surface area contributed by atoms with Crippen LogP contribution >= 0.6 is 0 Å². The molecule has 0 saturated heterocycles. The molecule has 0 bridgehead atoms. The summed E-state index contributed by atoms with van der Waals surface area (Å²) < 4.78 is 2.10. The summed E-state index contributed by atoms with van der Waals surface area (Å²) in [6, 6.07) is 3.87. The summed E-state index contributed by atoms with van der Waals surface area (Å²) in [6.07, 6.45) is 4.41. The lowest BCUT2D eigenvalue weighted by Crippen LogP contribution is -2.20. The summed E-state index contributed by atoms with van der Waals surface area (Å²) in [5, 5.41) is 0. The fraction of sp³-hybridized carbons (Fsp3) is 0.500. The Kier molecular flexibility index (Phi) is 3.87. The predicted octanol–water partition coefficient (Wildman–Crippen LogP) is 2.46. The number of unbranched alkanes of at least 4 members (excludes halogenated alkanes) is 1. The summed E-state index contributed by atoms with van der Waals surface area (Å²) in [6.45, 7) is 6.31. The van der Waals surface area contributed by atoms with E-state index in [4.69, 9.17) is 5.73 Å². The van der Waals surface area contributed by atoms with Gasteiger partial charge in [-0.25, -0.2) is 4.98 Å². The molecule has 0 saturated carbocycles. The average Bonchev–Trinajstić information content (AvgIpc) is 2.63. The van der Waals surface area contributed by atoms with Crippen LogP contribution in [0.4, 0.5) is 5.69 Å². The molecular weight excluding hydrogens is 224 g/mol. The van der Waals surface area contributed by atoms with Crippen molar-refractivity contribution < 1.29 is 0 Å². The van der Waals surface area contributed by atoms with Crippen molar-refractivity contribution in [1.82, 2.24) is 14.3 Å². The van der Waals surface area contributed by atoms with E-state index < -0.39 is 0 Å². The maximum absolute atomic E-state index is 5.85. The monoisotopic (exact) mass is 246 g/mol. The van der Waals surface area contributed by atoms with Gasteiger partial charge in [0.1, 0.15) is 5.65 Å². The van der Waals surface area contributed by atoms with Crippen molar-refractivity contribution in [1.29, 1.82) is 0 Å². The highest BCUT2D eigenvalue weighted by atomic mass is 15.1. The van der Waals surface area contributed by atoms with Gasteiger partial charge in [0.15, 0.2) is 0 Å². The van der Waals surface area contributed by atoms with Gasteiger partial charge in [-0.1, -0.05) is 13.3 Å². The molecule has 0 amide bonds. The number of pyridine rings is 1. The van der Waals surface area contributed by atoms with Gasteiger partial charge in [-0.3, -0.25) is 0 Å². The molecule has 0 spiro atoms. The Morgan fingerprint density at radius 1 is 1.39 bits per heavy atom. The van der Waals surface area contributed by atoms with E-state index in [1.807, 2.05) is 18.3 Å². The number of hydrogen-bond acceptors (Lipinski definition) is 3. The number of nitrogens with two attached hydrogens (primary N) is 1. The molecule has 0 atom stereocenters. The van der Waals surface area contributed by atoms with E-state index in [1.54, 1.807) is 0 Å². The van der Waals surface area contributed by atoms with E-state index in [9.17, 15) is 0 Å². The van der Waals surface area contributed by atoms with Gasteiger partial charge in [0.25, 0.3) is 0 Å². The maximum Gasteiger partial charge on any atom is 0.137 e. The largest absolute Gasteiger partial charge is 0.398 e. The van der Waals surface area contributed by atoms with E-state index in [0.717, 1.165) is 30.1 Å². The van der Waals surface area contributed by atoms with Crippen LogP contribution in [0, 0.1) is 6.92 Å². The Bertz CT molecular complexity index is 530. The number of nitrogens with zero attached hydrogens (tertiary/aromatic N) is 3. The molecule has 4 nitrogen and oxygen atoms in total.